The van der Waals surface area contributed by atoms with Gasteiger partial charge in [0.1, 0.15) is 5.75 Å². The molecule has 1 aromatic carbocycles. The highest BCUT2D eigenvalue weighted by Crippen LogP contribution is 2.26. The van der Waals surface area contributed by atoms with Crippen LogP contribution < -0.4 is 10.1 Å². The third-order valence-corrected chi connectivity index (χ3v) is 3.41. The van der Waals surface area contributed by atoms with Crippen LogP contribution in [0.2, 0.25) is 5.02 Å². The summed E-state index contributed by atoms with van der Waals surface area (Å²) in [7, 11) is 0. The smallest absolute Gasteiger partial charge is 0.260 e. The monoisotopic (exact) mass is 283 g/mol. The number of rotatable bonds is 5. The van der Waals surface area contributed by atoms with Crippen LogP contribution in [-0.4, -0.2) is 31.8 Å². The molecule has 2 rings (SSSR count). The molecule has 1 aromatic rings. The first kappa shape index (κ1) is 14.2. The molecule has 0 radical (unpaired) electrons. The van der Waals surface area contributed by atoms with Gasteiger partial charge in [-0.1, -0.05) is 30.7 Å². The molecule has 1 atom stereocenters. The highest BCUT2D eigenvalue weighted by molar-refractivity contribution is 6.32. The molecular weight excluding hydrogens is 266 g/mol. The highest BCUT2D eigenvalue weighted by Gasteiger charge is 2.34. The first-order valence-electron chi connectivity index (χ1n) is 6.27. The lowest BCUT2D eigenvalue weighted by atomic mass is 9.89. The second kappa shape index (κ2) is 5.80. The second-order valence-corrected chi connectivity index (χ2v) is 5.62. The van der Waals surface area contributed by atoms with Crippen molar-refractivity contribution in [1.82, 2.24) is 5.32 Å². The molecule has 1 aliphatic heterocycles. The average Bonchev–Trinajstić information content (AvgIpc) is 2.36. The molecule has 1 unspecified atom stereocenters. The van der Waals surface area contributed by atoms with Crippen molar-refractivity contribution in [2.45, 2.75) is 20.0 Å². The summed E-state index contributed by atoms with van der Waals surface area (Å²) in [5, 5.41) is 3.38. The quantitative estimate of drug-likeness (QED) is 0.902. The number of benzene rings is 1. The Morgan fingerprint density at radius 3 is 2.79 bits per heavy atom. The number of carbonyl (C=O) groups is 1. The maximum absolute atomic E-state index is 11.9. The van der Waals surface area contributed by atoms with E-state index >= 15 is 0 Å². The van der Waals surface area contributed by atoms with Crippen molar-refractivity contribution in [2.75, 3.05) is 19.8 Å². The van der Waals surface area contributed by atoms with E-state index in [2.05, 4.69) is 12.2 Å². The molecule has 1 N–H and O–H groups in total. The zero-order valence-electron chi connectivity index (χ0n) is 11.1. The van der Waals surface area contributed by atoms with Gasteiger partial charge in [0.25, 0.3) is 5.91 Å². The molecule has 0 aromatic heterocycles. The van der Waals surface area contributed by atoms with Crippen LogP contribution in [0.25, 0.3) is 0 Å². The number of nitrogens with one attached hydrogen (secondary N) is 1. The number of para-hydroxylation sites is 1. The van der Waals surface area contributed by atoms with E-state index in [-0.39, 0.29) is 11.3 Å². The molecule has 104 valence electrons. The summed E-state index contributed by atoms with van der Waals surface area (Å²) in [6, 6.07) is 7.11. The fourth-order valence-corrected chi connectivity index (χ4v) is 1.96. The standard InChI is InChI=1S/C14H18ClNO3/c1-10(19-12-6-4-3-5-11(12)15)13(17)16-7-14(2)8-18-9-14/h3-6,10H,7-9H2,1-2H3,(H,16,17). The second-order valence-electron chi connectivity index (χ2n) is 5.21. The van der Waals surface area contributed by atoms with Gasteiger partial charge in [-0.2, -0.15) is 0 Å². The third kappa shape index (κ3) is 3.61. The summed E-state index contributed by atoms with van der Waals surface area (Å²) in [6.07, 6.45) is -0.579. The molecule has 0 saturated carbocycles. The Kier molecular flexibility index (Phi) is 4.32. The first-order valence-corrected chi connectivity index (χ1v) is 6.65. The van der Waals surface area contributed by atoms with Gasteiger partial charge >= 0.3 is 0 Å². The molecular formula is C14H18ClNO3. The fourth-order valence-electron chi connectivity index (χ4n) is 1.78. The van der Waals surface area contributed by atoms with Gasteiger partial charge in [0.05, 0.1) is 18.2 Å². The van der Waals surface area contributed by atoms with Gasteiger partial charge in [-0.25, -0.2) is 0 Å². The summed E-state index contributed by atoms with van der Waals surface area (Å²) in [5.41, 5.74) is 0.0553. The topological polar surface area (TPSA) is 47.6 Å². The molecule has 0 aliphatic carbocycles. The van der Waals surface area contributed by atoms with Gasteiger partial charge in [-0.3, -0.25) is 4.79 Å². The normalized spacial score (nSPS) is 18.3. The number of hydrogen-bond acceptors (Lipinski definition) is 3. The molecule has 0 bridgehead atoms. The SMILES string of the molecule is CC(Oc1ccccc1Cl)C(=O)NCC1(C)COC1. The Hall–Kier alpha value is -1.26. The van der Waals surface area contributed by atoms with Crippen LogP contribution in [0.4, 0.5) is 0 Å². The summed E-state index contributed by atoms with van der Waals surface area (Å²) in [5.74, 6) is 0.373. The van der Waals surface area contributed by atoms with Gasteiger partial charge in [-0.15, -0.1) is 0 Å². The van der Waals surface area contributed by atoms with E-state index in [0.29, 0.717) is 30.5 Å². The van der Waals surface area contributed by atoms with Crippen LogP contribution in [0.5, 0.6) is 5.75 Å². The van der Waals surface area contributed by atoms with Gasteiger partial charge < -0.3 is 14.8 Å². The van der Waals surface area contributed by atoms with Gasteiger partial charge in [0.15, 0.2) is 6.10 Å². The van der Waals surface area contributed by atoms with Crippen molar-refractivity contribution in [2.24, 2.45) is 5.41 Å². The largest absolute Gasteiger partial charge is 0.479 e. The van der Waals surface area contributed by atoms with Crippen LogP contribution in [-0.2, 0) is 9.53 Å². The van der Waals surface area contributed by atoms with Crippen molar-refractivity contribution in [1.29, 1.82) is 0 Å². The number of amides is 1. The number of carbonyl (C=O) groups excluding carboxylic acids is 1. The number of ether oxygens (including phenoxy) is 2. The van der Waals surface area contributed by atoms with E-state index in [1.165, 1.54) is 0 Å². The molecule has 19 heavy (non-hydrogen) atoms. The summed E-state index contributed by atoms with van der Waals surface area (Å²) < 4.78 is 10.7. The minimum atomic E-state index is -0.579. The van der Waals surface area contributed by atoms with Crippen molar-refractivity contribution in [3.8, 4) is 5.75 Å². The van der Waals surface area contributed by atoms with Crippen LogP contribution in [0.3, 0.4) is 0 Å². The van der Waals surface area contributed by atoms with E-state index in [1.807, 2.05) is 12.1 Å². The molecule has 1 aliphatic rings. The van der Waals surface area contributed by atoms with Gasteiger partial charge in [-0.05, 0) is 19.1 Å². The van der Waals surface area contributed by atoms with Crippen LogP contribution in [0, 0.1) is 5.41 Å². The van der Waals surface area contributed by atoms with Crippen LogP contribution in [0.15, 0.2) is 24.3 Å². The lowest BCUT2D eigenvalue weighted by molar-refractivity contribution is -0.132. The summed E-state index contributed by atoms with van der Waals surface area (Å²) in [4.78, 5) is 11.9. The molecule has 5 heteroatoms. The first-order chi connectivity index (χ1) is 9.00. The summed E-state index contributed by atoms with van der Waals surface area (Å²) in [6.45, 7) is 5.76. The molecule has 1 saturated heterocycles. The Labute approximate surface area is 118 Å². The Bertz CT molecular complexity index is 460. The Morgan fingerprint density at radius 2 is 2.21 bits per heavy atom. The van der Waals surface area contributed by atoms with Gasteiger partial charge in [0.2, 0.25) is 0 Å². The zero-order valence-corrected chi connectivity index (χ0v) is 11.9. The maximum Gasteiger partial charge on any atom is 0.260 e. The number of halogens is 1. The number of hydrogen-bond donors (Lipinski definition) is 1. The molecule has 1 amide bonds. The van der Waals surface area contributed by atoms with Crippen molar-refractivity contribution in [3.63, 3.8) is 0 Å². The minimum Gasteiger partial charge on any atom is -0.479 e. The van der Waals surface area contributed by atoms with Crippen molar-refractivity contribution >= 4 is 17.5 Å². The highest BCUT2D eigenvalue weighted by atomic mass is 35.5. The van der Waals surface area contributed by atoms with E-state index in [0.717, 1.165) is 0 Å². The van der Waals surface area contributed by atoms with E-state index in [9.17, 15) is 4.79 Å². The molecule has 0 spiro atoms. The Morgan fingerprint density at radius 1 is 1.53 bits per heavy atom. The van der Waals surface area contributed by atoms with Crippen LogP contribution >= 0.6 is 11.6 Å². The third-order valence-electron chi connectivity index (χ3n) is 3.10. The molecule has 1 heterocycles. The Balaban J connectivity index is 1.84. The fraction of sp³-hybridized carbons (Fsp3) is 0.500. The molecule has 1 fully saturated rings. The average molecular weight is 284 g/mol. The maximum atomic E-state index is 11.9. The minimum absolute atomic E-state index is 0.0553. The van der Waals surface area contributed by atoms with Crippen molar-refractivity contribution < 1.29 is 14.3 Å². The predicted octanol–water partition coefficient (Wildman–Crippen LogP) is 2.26. The molecule has 4 nitrogen and oxygen atoms in total. The van der Waals surface area contributed by atoms with E-state index in [4.69, 9.17) is 21.1 Å². The lowest BCUT2D eigenvalue weighted by Gasteiger charge is -2.38. The predicted molar refractivity (Wildman–Crippen MR) is 73.5 cm³/mol. The van der Waals surface area contributed by atoms with Crippen LogP contribution in [0.1, 0.15) is 13.8 Å². The lowest BCUT2D eigenvalue weighted by Crippen LogP contribution is -2.50. The zero-order chi connectivity index (χ0) is 13.9. The van der Waals surface area contributed by atoms with Gasteiger partial charge in [0, 0.05) is 12.0 Å². The summed E-state index contributed by atoms with van der Waals surface area (Å²) >= 11 is 5.98. The van der Waals surface area contributed by atoms with Crippen molar-refractivity contribution in [3.05, 3.63) is 29.3 Å². The van der Waals surface area contributed by atoms with E-state index in [1.54, 1.807) is 19.1 Å². The van der Waals surface area contributed by atoms with E-state index < -0.39 is 6.10 Å².